The SMILES string of the molecule is CN1C(=O)C=C[C@]2(C)[C@H]3CC[C@]4(C)[C@@H](CNS(=O)(=O)c5cccs5)CC[C@H]4[C@@H]3CC[C@@H]12. The fourth-order valence-electron chi connectivity index (χ4n) is 7.88. The molecule has 7 atom stereocenters. The smallest absolute Gasteiger partial charge is 0.250 e. The number of nitrogens with one attached hydrogen (secondary N) is 1. The van der Waals surface area contributed by atoms with Crippen molar-refractivity contribution in [3.63, 3.8) is 0 Å². The van der Waals surface area contributed by atoms with E-state index in [4.69, 9.17) is 0 Å². The predicted octanol–water partition coefficient (Wildman–Crippen LogP) is 4.28. The molecule has 3 aliphatic carbocycles. The molecular weight excluding hydrogens is 428 g/mol. The highest BCUT2D eigenvalue weighted by Crippen LogP contribution is 2.65. The molecule has 0 unspecified atom stereocenters. The summed E-state index contributed by atoms with van der Waals surface area (Å²) in [6, 6.07) is 3.77. The van der Waals surface area contributed by atoms with Gasteiger partial charge in [-0.3, -0.25) is 4.79 Å². The van der Waals surface area contributed by atoms with E-state index in [1.807, 2.05) is 17.3 Å². The van der Waals surface area contributed by atoms with Crippen LogP contribution < -0.4 is 4.72 Å². The normalized spacial score (nSPS) is 42.2. The molecule has 31 heavy (non-hydrogen) atoms. The lowest BCUT2D eigenvalue weighted by atomic mass is 9.47. The first-order valence-electron chi connectivity index (χ1n) is 11.7. The number of rotatable bonds is 4. The van der Waals surface area contributed by atoms with Crippen molar-refractivity contribution in [2.45, 2.75) is 62.6 Å². The van der Waals surface area contributed by atoms with Crippen LogP contribution in [0, 0.1) is 34.5 Å². The monoisotopic (exact) mass is 462 g/mol. The van der Waals surface area contributed by atoms with Gasteiger partial charge in [-0.05, 0) is 85.1 Å². The average molecular weight is 463 g/mol. The van der Waals surface area contributed by atoms with Crippen molar-refractivity contribution in [1.29, 1.82) is 0 Å². The minimum Gasteiger partial charge on any atom is -0.338 e. The van der Waals surface area contributed by atoms with Crippen molar-refractivity contribution in [1.82, 2.24) is 9.62 Å². The second kappa shape index (κ2) is 7.42. The number of sulfonamides is 1. The second-order valence-corrected chi connectivity index (χ2v) is 13.7. The molecule has 5 nitrogen and oxygen atoms in total. The van der Waals surface area contributed by atoms with E-state index in [9.17, 15) is 13.2 Å². The molecule has 1 aromatic rings. The Bertz CT molecular complexity index is 988. The zero-order chi connectivity index (χ0) is 22.0. The Labute approximate surface area is 190 Å². The number of amides is 1. The summed E-state index contributed by atoms with van der Waals surface area (Å²) in [5.41, 5.74) is 0.258. The van der Waals surface area contributed by atoms with Crippen LogP contribution in [0.4, 0.5) is 0 Å². The third-order valence-corrected chi connectivity index (χ3v) is 12.4. The van der Waals surface area contributed by atoms with Gasteiger partial charge in [0.1, 0.15) is 4.21 Å². The van der Waals surface area contributed by atoms with Crippen LogP contribution in [0.25, 0.3) is 0 Å². The van der Waals surface area contributed by atoms with E-state index in [0.29, 0.717) is 40.5 Å². The van der Waals surface area contributed by atoms with Crippen molar-refractivity contribution in [3.05, 3.63) is 29.7 Å². The third-order valence-electron chi connectivity index (χ3n) is 9.60. The fourth-order valence-corrected chi connectivity index (χ4v) is 10.00. The van der Waals surface area contributed by atoms with Gasteiger partial charge >= 0.3 is 0 Å². The Morgan fingerprint density at radius 2 is 1.97 bits per heavy atom. The first-order chi connectivity index (χ1) is 14.7. The molecule has 0 spiro atoms. The lowest BCUT2D eigenvalue weighted by molar-refractivity contribution is -0.138. The van der Waals surface area contributed by atoms with E-state index >= 15 is 0 Å². The quantitative estimate of drug-likeness (QED) is 0.726. The zero-order valence-corrected chi connectivity index (χ0v) is 20.3. The number of hydrogen-bond acceptors (Lipinski definition) is 4. The number of carbonyl (C=O) groups excluding carboxylic acids is 1. The number of likely N-dealkylation sites (N-methyl/N-ethyl adjacent to an activating group) is 1. The minimum absolute atomic E-state index is 0.0613. The van der Waals surface area contributed by atoms with Gasteiger partial charge < -0.3 is 4.90 Å². The molecule has 1 aliphatic heterocycles. The summed E-state index contributed by atoms with van der Waals surface area (Å²) in [6.45, 7) is 5.34. The second-order valence-electron chi connectivity index (χ2n) is 10.7. The topological polar surface area (TPSA) is 66.5 Å². The standard InChI is InChI=1S/C24H34N2O3S2/c1-23-12-10-19-17(7-9-20-24(19,2)13-11-21(27)26(20)3)18(23)8-6-16(23)15-25-31(28,29)22-5-4-14-30-22/h4-5,11,13-14,16-20,25H,6-10,12,15H2,1-3H3/t16-,17+,18+,19+,20-,23-,24-/m1/s1. The summed E-state index contributed by atoms with van der Waals surface area (Å²) in [5, 5.41) is 1.81. The van der Waals surface area contributed by atoms with Gasteiger partial charge in [0.15, 0.2) is 0 Å². The number of fused-ring (bicyclic) bond motifs is 5. The Morgan fingerprint density at radius 3 is 2.71 bits per heavy atom. The van der Waals surface area contributed by atoms with Gasteiger partial charge in [0.2, 0.25) is 15.9 Å². The molecule has 0 bridgehead atoms. The van der Waals surface area contributed by atoms with Crippen LogP contribution in [-0.2, 0) is 14.8 Å². The van der Waals surface area contributed by atoms with E-state index in [1.165, 1.54) is 30.6 Å². The van der Waals surface area contributed by atoms with E-state index in [-0.39, 0.29) is 16.7 Å². The molecule has 0 radical (unpaired) electrons. The maximum atomic E-state index is 12.7. The van der Waals surface area contributed by atoms with Crippen molar-refractivity contribution < 1.29 is 13.2 Å². The molecule has 7 heteroatoms. The highest BCUT2D eigenvalue weighted by atomic mass is 32.2. The lowest BCUT2D eigenvalue weighted by Gasteiger charge is -2.60. The van der Waals surface area contributed by atoms with Gasteiger partial charge in [-0.1, -0.05) is 26.0 Å². The molecule has 1 amide bonds. The molecule has 3 saturated carbocycles. The first kappa shape index (κ1) is 21.7. The molecular formula is C24H34N2O3S2. The molecule has 0 aromatic carbocycles. The molecule has 0 saturated heterocycles. The van der Waals surface area contributed by atoms with Crippen LogP contribution in [0.15, 0.2) is 33.9 Å². The summed E-state index contributed by atoms with van der Waals surface area (Å²) >= 11 is 1.27. The van der Waals surface area contributed by atoms with Crippen LogP contribution in [-0.4, -0.2) is 38.9 Å². The van der Waals surface area contributed by atoms with Gasteiger partial charge in [0.05, 0.1) is 0 Å². The summed E-state index contributed by atoms with van der Waals surface area (Å²) in [6.07, 6.45) is 10.9. The Morgan fingerprint density at radius 1 is 1.16 bits per heavy atom. The lowest BCUT2D eigenvalue weighted by Crippen LogP contribution is -2.59. The van der Waals surface area contributed by atoms with Crippen molar-refractivity contribution in [3.8, 4) is 0 Å². The van der Waals surface area contributed by atoms with Crippen LogP contribution in [0.1, 0.15) is 52.4 Å². The predicted molar refractivity (Wildman–Crippen MR) is 123 cm³/mol. The van der Waals surface area contributed by atoms with Crippen LogP contribution in [0.5, 0.6) is 0 Å². The molecule has 170 valence electrons. The van der Waals surface area contributed by atoms with Crippen LogP contribution in [0.3, 0.4) is 0 Å². The fraction of sp³-hybridized carbons (Fsp3) is 0.708. The van der Waals surface area contributed by atoms with E-state index < -0.39 is 10.0 Å². The Balaban J connectivity index is 1.34. The van der Waals surface area contributed by atoms with Gasteiger partial charge in [0.25, 0.3) is 0 Å². The molecule has 2 heterocycles. The maximum Gasteiger partial charge on any atom is 0.250 e. The molecule has 1 N–H and O–H groups in total. The Kier molecular flexibility index (Phi) is 5.18. The number of hydrogen-bond donors (Lipinski definition) is 1. The number of nitrogens with zero attached hydrogens (tertiary/aromatic N) is 1. The first-order valence-corrected chi connectivity index (χ1v) is 14.0. The number of thiophene rings is 1. The summed E-state index contributed by atoms with van der Waals surface area (Å²) in [5.74, 6) is 2.46. The summed E-state index contributed by atoms with van der Waals surface area (Å²) in [7, 11) is -1.44. The summed E-state index contributed by atoms with van der Waals surface area (Å²) in [4.78, 5) is 14.2. The molecule has 3 fully saturated rings. The van der Waals surface area contributed by atoms with Crippen LogP contribution in [0.2, 0.25) is 0 Å². The number of carbonyl (C=O) groups is 1. The van der Waals surface area contributed by atoms with E-state index in [0.717, 1.165) is 19.3 Å². The molecule has 4 aliphatic rings. The van der Waals surface area contributed by atoms with Crippen molar-refractivity contribution >= 4 is 27.3 Å². The molecule has 5 rings (SSSR count). The largest absolute Gasteiger partial charge is 0.338 e. The van der Waals surface area contributed by atoms with Crippen LogP contribution >= 0.6 is 11.3 Å². The van der Waals surface area contributed by atoms with Gasteiger partial charge in [-0.25, -0.2) is 13.1 Å². The highest BCUT2D eigenvalue weighted by Gasteiger charge is 2.60. The third kappa shape index (κ3) is 3.25. The average Bonchev–Trinajstić information content (AvgIpc) is 3.38. The minimum atomic E-state index is -3.41. The molecule has 1 aromatic heterocycles. The zero-order valence-electron chi connectivity index (χ0n) is 18.7. The highest BCUT2D eigenvalue weighted by molar-refractivity contribution is 7.91. The Hall–Kier alpha value is -1.18. The van der Waals surface area contributed by atoms with Gasteiger partial charge in [-0.15, -0.1) is 11.3 Å². The van der Waals surface area contributed by atoms with Gasteiger partial charge in [0, 0.05) is 25.0 Å². The van der Waals surface area contributed by atoms with Gasteiger partial charge in [-0.2, -0.15) is 0 Å². The maximum absolute atomic E-state index is 12.7. The van der Waals surface area contributed by atoms with Crippen molar-refractivity contribution in [2.24, 2.45) is 34.5 Å². The van der Waals surface area contributed by atoms with E-state index in [2.05, 4.69) is 24.6 Å². The van der Waals surface area contributed by atoms with E-state index in [1.54, 1.807) is 18.2 Å². The summed E-state index contributed by atoms with van der Waals surface area (Å²) < 4.78 is 28.6. The van der Waals surface area contributed by atoms with Crippen molar-refractivity contribution in [2.75, 3.05) is 13.6 Å².